The first kappa shape index (κ1) is 29.1. The highest BCUT2D eigenvalue weighted by molar-refractivity contribution is 7.94. The van der Waals surface area contributed by atoms with Crippen molar-refractivity contribution in [2.24, 2.45) is 4.99 Å². The van der Waals surface area contributed by atoms with Gasteiger partial charge in [-0.25, -0.2) is 32.0 Å². The first-order valence-electron chi connectivity index (χ1n) is 12.3. The Bertz CT molecular complexity index is 1620. The van der Waals surface area contributed by atoms with Gasteiger partial charge in [0.2, 0.25) is 5.50 Å². The van der Waals surface area contributed by atoms with Crippen molar-refractivity contribution in [3.05, 3.63) is 54.1 Å². The molecular formula is C27H31F2N5O5S. The summed E-state index contributed by atoms with van der Waals surface area (Å²) in [4.78, 5) is 25.5. The zero-order chi connectivity index (χ0) is 29.7. The highest BCUT2D eigenvalue weighted by Gasteiger charge is 2.59. The molecule has 0 spiro atoms. The van der Waals surface area contributed by atoms with Crippen molar-refractivity contribution >= 4 is 44.2 Å². The Kier molecular flexibility index (Phi) is 7.24. The molecule has 0 saturated carbocycles. The molecule has 0 saturated heterocycles. The van der Waals surface area contributed by atoms with Crippen LogP contribution in [0.4, 0.5) is 25.1 Å². The number of amides is 1. The number of methoxy groups -OCH3 is 1. The molecule has 0 aliphatic carbocycles. The number of sulfone groups is 1. The van der Waals surface area contributed by atoms with E-state index in [2.05, 4.69) is 25.6 Å². The minimum Gasteiger partial charge on any atom is -0.495 e. The van der Waals surface area contributed by atoms with Crippen LogP contribution in [0, 0.1) is 5.82 Å². The summed E-state index contributed by atoms with van der Waals surface area (Å²) in [6.07, 6.45) is 2.09. The van der Waals surface area contributed by atoms with Gasteiger partial charge < -0.3 is 14.8 Å². The number of halogens is 2. The largest absolute Gasteiger partial charge is 0.495 e. The van der Waals surface area contributed by atoms with Gasteiger partial charge in [0.1, 0.15) is 38.8 Å². The van der Waals surface area contributed by atoms with Crippen LogP contribution in [0.3, 0.4) is 0 Å². The number of fused-ring (bicyclic) bond motifs is 1. The lowest BCUT2D eigenvalue weighted by atomic mass is 9.91. The summed E-state index contributed by atoms with van der Waals surface area (Å²) in [5.74, 6) is -0.386. The average molecular weight is 576 g/mol. The molecule has 2 atom stereocenters. The molecule has 40 heavy (non-hydrogen) atoms. The molecule has 3 heterocycles. The van der Waals surface area contributed by atoms with E-state index < -0.39 is 43.1 Å². The molecule has 0 bridgehead atoms. The third kappa shape index (κ3) is 5.17. The first-order valence-corrected chi connectivity index (χ1v) is 13.9. The maximum Gasteiger partial charge on any atom is 0.413 e. The molecule has 3 aromatic rings. The number of carbonyl (C=O) groups is 1. The third-order valence-corrected chi connectivity index (χ3v) is 9.16. The Labute approximate surface area is 231 Å². The van der Waals surface area contributed by atoms with E-state index in [4.69, 9.17) is 9.47 Å². The number of nitrogens with one attached hydrogen (secondary N) is 2. The monoisotopic (exact) mass is 575 g/mol. The maximum absolute atomic E-state index is 15.9. The molecule has 0 radical (unpaired) electrons. The van der Waals surface area contributed by atoms with Crippen molar-refractivity contribution in [3.8, 4) is 5.75 Å². The average Bonchev–Trinajstić information content (AvgIpc) is 2.86. The number of ether oxygens (including phenoxy) is 2. The molecule has 0 unspecified atom stereocenters. The van der Waals surface area contributed by atoms with E-state index in [0.29, 0.717) is 17.1 Å². The van der Waals surface area contributed by atoms with Gasteiger partial charge in [0.25, 0.3) is 0 Å². The molecule has 1 amide bonds. The van der Waals surface area contributed by atoms with E-state index in [0.717, 1.165) is 18.4 Å². The number of anilines is 2. The lowest BCUT2D eigenvalue weighted by Gasteiger charge is -2.41. The summed E-state index contributed by atoms with van der Waals surface area (Å²) >= 11 is 0. The fourth-order valence-electron chi connectivity index (χ4n) is 4.24. The summed E-state index contributed by atoms with van der Waals surface area (Å²) < 4.78 is 66.5. The molecule has 10 nitrogen and oxygen atoms in total. The van der Waals surface area contributed by atoms with E-state index >= 15 is 8.78 Å². The van der Waals surface area contributed by atoms with Crippen LogP contribution >= 0.6 is 0 Å². The van der Waals surface area contributed by atoms with Gasteiger partial charge in [0.05, 0.1) is 13.3 Å². The lowest BCUT2D eigenvalue weighted by Crippen LogP contribution is -2.60. The topological polar surface area (TPSA) is 132 Å². The summed E-state index contributed by atoms with van der Waals surface area (Å²) in [7, 11) is -3.13. The normalized spacial score (nSPS) is 21.8. The number of aliphatic imine (C=N–C) groups is 1. The van der Waals surface area contributed by atoms with Gasteiger partial charge in [-0.3, -0.25) is 10.3 Å². The van der Waals surface area contributed by atoms with Gasteiger partial charge in [-0.05, 0) is 71.9 Å². The lowest BCUT2D eigenvalue weighted by molar-refractivity contribution is 0.0560. The second-order valence-electron chi connectivity index (χ2n) is 11.0. The third-order valence-electron chi connectivity index (χ3n) is 6.54. The predicted molar refractivity (Wildman–Crippen MR) is 148 cm³/mol. The van der Waals surface area contributed by atoms with Crippen molar-refractivity contribution < 1.29 is 31.5 Å². The van der Waals surface area contributed by atoms with Crippen LogP contribution in [-0.4, -0.2) is 53.3 Å². The fourth-order valence-corrected chi connectivity index (χ4v) is 5.91. The number of hydrogen-bond donors (Lipinski definition) is 2. The molecule has 2 aromatic heterocycles. The molecule has 4 rings (SSSR count). The van der Waals surface area contributed by atoms with Crippen LogP contribution in [0.15, 0.2) is 47.7 Å². The second-order valence-corrected chi connectivity index (χ2v) is 13.6. The number of hydrogen-bond acceptors (Lipinski definition) is 9. The van der Waals surface area contributed by atoms with Crippen LogP contribution in [0.5, 0.6) is 5.75 Å². The molecule has 0 fully saturated rings. The van der Waals surface area contributed by atoms with Crippen molar-refractivity contribution in [1.82, 2.24) is 15.3 Å². The van der Waals surface area contributed by atoms with Crippen molar-refractivity contribution in [2.75, 3.05) is 12.4 Å². The van der Waals surface area contributed by atoms with Crippen LogP contribution in [0.2, 0.25) is 0 Å². The number of carbonyl (C=O) groups excluding carboxylic acids is 1. The maximum atomic E-state index is 15.9. The van der Waals surface area contributed by atoms with Crippen LogP contribution in [-0.2, 0) is 20.1 Å². The number of amidine groups is 1. The Hall–Kier alpha value is -3.87. The van der Waals surface area contributed by atoms with Crippen molar-refractivity contribution in [1.29, 1.82) is 0 Å². The molecule has 1 aliphatic rings. The first-order chi connectivity index (χ1) is 18.5. The Morgan fingerprint density at radius 3 is 2.45 bits per heavy atom. The molecule has 13 heteroatoms. The summed E-state index contributed by atoms with van der Waals surface area (Å²) in [5.41, 5.74) is -5.35. The highest BCUT2D eigenvalue weighted by atomic mass is 32.2. The zero-order valence-corrected chi connectivity index (χ0v) is 24.0. The van der Waals surface area contributed by atoms with Gasteiger partial charge in [-0.2, -0.15) is 0 Å². The van der Waals surface area contributed by atoms with Gasteiger partial charge in [-0.15, -0.1) is 0 Å². The van der Waals surface area contributed by atoms with E-state index in [1.54, 1.807) is 39.1 Å². The van der Waals surface area contributed by atoms with Crippen LogP contribution < -0.4 is 15.4 Å². The molecule has 1 aromatic carbocycles. The number of pyridine rings is 2. The fraction of sp³-hybridized carbons (Fsp3) is 0.407. The van der Waals surface area contributed by atoms with Crippen molar-refractivity contribution in [2.45, 2.75) is 62.9 Å². The number of aromatic nitrogens is 2. The number of benzene rings is 1. The number of alkyl halides is 1. The number of alkyl carbamates (subject to hydrolysis) is 1. The second kappa shape index (κ2) is 9.95. The van der Waals surface area contributed by atoms with Gasteiger partial charge in [-0.1, -0.05) is 0 Å². The van der Waals surface area contributed by atoms with E-state index in [1.165, 1.54) is 39.3 Å². The summed E-state index contributed by atoms with van der Waals surface area (Å²) in [6, 6.07) is 7.23. The van der Waals surface area contributed by atoms with Crippen LogP contribution in [0.25, 0.3) is 10.9 Å². The number of nitrogens with zero attached hydrogens (tertiary/aromatic N) is 3. The molecule has 214 valence electrons. The smallest absolute Gasteiger partial charge is 0.413 e. The SMILES string of the molecule is COc1cnc2c(Nc3ccc(F)c([C@@]4(C)N=C(NC(=O)OC(C)(C)C)C(C)(C)S(=O)(=O)[C@@H]4F)c3)nccc2c1. The van der Waals surface area contributed by atoms with Crippen molar-refractivity contribution in [3.63, 3.8) is 0 Å². The summed E-state index contributed by atoms with van der Waals surface area (Å²) in [5, 5.41) is 6.11. The molecule has 1 aliphatic heterocycles. The van der Waals surface area contributed by atoms with Gasteiger partial charge in [0, 0.05) is 22.8 Å². The van der Waals surface area contributed by atoms with E-state index in [-0.39, 0.29) is 17.1 Å². The molecule has 2 N–H and O–H groups in total. The molecular weight excluding hydrogens is 544 g/mol. The Morgan fingerprint density at radius 2 is 1.80 bits per heavy atom. The van der Waals surface area contributed by atoms with E-state index in [9.17, 15) is 13.2 Å². The summed E-state index contributed by atoms with van der Waals surface area (Å²) in [6.45, 7) is 8.48. The van der Waals surface area contributed by atoms with E-state index in [1.807, 2.05) is 0 Å². The Morgan fingerprint density at radius 1 is 1.10 bits per heavy atom. The van der Waals surface area contributed by atoms with Gasteiger partial charge >= 0.3 is 6.09 Å². The highest BCUT2D eigenvalue weighted by Crippen LogP contribution is 2.45. The van der Waals surface area contributed by atoms with Gasteiger partial charge in [0.15, 0.2) is 15.7 Å². The minimum atomic E-state index is -4.65. The van der Waals surface area contributed by atoms with Crippen LogP contribution in [0.1, 0.15) is 47.1 Å². The predicted octanol–water partition coefficient (Wildman–Crippen LogP) is 5.16. The number of rotatable bonds is 4. The standard InChI is InChI=1S/C27H31F2N5O5S/c1-25(2,3)39-24(35)33-23-26(4,5)40(36,37)22(29)27(6,34-23)18-13-16(8-9-19(18)28)32-21-20-15(10-11-30-21)12-17(38-7)14-31-20/h8-14,22H,1-7H3,(H,30,32)(H,33,34,35)/t22-,27+/m0/s1. The Balaban J connectivity index is 1.79. The minimum absolute atomic E-state index is 0.279. The zero-order valence-electron chi connectivity index (χ0n) is 23.2. The quantitative estimate of drug-likeness (QED) is 0.436.